The molecule has 2 saturated heterocycles. The van der Waals surface area contributed by atoms with Crippen LogP contribution in [-0.4, -0.2) is 61.4 Å². The van der Waals surface area contributed by atoms with Gasteiger partial charge in [0.05, 0.1) is 11.6 Å². The molecule has 0 aromatic rings. The van der Waals surface area contributed by atoms with Crippen LogP contribution in [0, 0.1) is 5.92 Å². The largest absolute Gasteiger partial charge is 0.458 e. The minimum Gasteiger partial charge on any atom is -0.458 e. The maximum Gasteiger partial charge on any atom is 0.408 e. The number of ether oxygens (including phenoxy) is 3. The highest BCUT2D eigenvalue weighted by atomic mass is 16.6. The minimum atomic E-state index is -0.862. The quantitative estimate of drug-likeness (QED) is 0.541. The summed E-state index contributed by atoms with van der Waals surface area (Å²) in [4.78, 5) is 36.9. The molecule has 0 bridgehead atoms. The molecular formula is C20H34N2O6. The number of amides is 1. The Morgan fingerprint density at radius 3 is 2.54 bits per heavy atom. The second-order valence-corrected chi connectivity index (χ2v) is 8.11. The number of methoxy groups -OCH3 is 1. The lowest BCUT2D eigenvalue weighted by Gasteiger charge is -2.30. The molecule has 0 aromatic carbocycles. The van der Waals surface area contributed by atoms with E-state index in [0.29, 0.717) is 12.8 Å². The molecule has 0 aromatic heterocycles. The number of esters is 1. The van der Waals surface area contributed by atoms with Gasteiger partial charge in [-0.1, -0.05) is 6.92 Å². The maximum atomic E-state index is 12.6. The fourth-order valence-corrected chi connectivity index (χ4v) is 3.78. The average Bonchev–Trinajstić information content (AvgIpc) is 3.07. The fourth-order valence-electron chi connectivity index (χ4n) is 3.78. The van der Waals surface area contributed by atoms with Gasteiger partial charge in [0.15, 0.2) is 6.10 Å². The number of alkyl carbamates (subject to hydrolysis) is 1. The van der Waals surface area contributed by atoms with E-state index in [-0.39, 0.29) is 24.3 Å². The summed E-state index contributed by atoms with van der Waals surface area (Å²) >= 11 is 0. The molecule has 2 N–H and O–H groups in total. The Morgan fingerprint density at radius 2 is 1.89 bits per heavy atom. The van der Waals surface area contributed by atoms with Crippen molar-refractivity contribution in [2.24, 2.45) is 5.92 Å². The Labute approximate surface area is 167 Å². The number of Topliss-reactive ketones (excluding diaryl/α,β-unsaturated/α-hetero) is 1. The van der Waals surface area contributed by atoms with Gasteiger partial charge in [-0.2, -0.15) is 0 Å². The van der Waals surface area contributed by atoms with Crippen molar-refractivity contribution in [3.8, 4) is 0 Å². The molecule has 6 atom stereocenters. The first-order valence-electron chi connectivity index (χ1n) is 10.2. The molecule has 0 saturated carbocycles. The lowest BCUT2D eigenvalue weighted by molar-refractivity contribution is -0.161. The Balaban J connectivity index is 2.23. The molecule has 1 amide bonds. The first-order valence-corrected chi connectivity index (χ1v) is 10.2. The van der Waals surface area contributed by atoms with Gasteiger partial charge < -0.3 is 24.8 Å². The molecular weight excluding hydrogens is 364 g/mol. The Kier molecular flexibility index (Phi) is 7.83. The summed E-state index contributed by atoms with van der Waals surface area (Å²) < 4.78 is 16.7. The Bertz CT molecular complexity index is 583. The van der Waals surface area contributed by atoms with Crippen LogP contribution in [0.2, 0.25) is 0 Å². The first kappa shape index (κ1) is 22.6. The fraction of sp³-hybridized carbons (Fsp3) is 0.850. The van der Waals surface area contributed by atoms with E-state index in [4.69, 9.17) is 14.2 Å². The summed E-state index contributed by atoms with van der Waals surface area (Å²) in [6.07, 6.45) is 1.21. The van der Waals surface area contributed by atoms with Gasteiger partial charge in [-0.3, -0.25) is 9.59 Å². The molecule has 2 rings (SSSR count). The van der Waals surface area contributed by atoms with Crippen molar-refractivity contribution in [3.63, 3.8) is 0 Å². The van der Waals surface area contributed by atoms with E-state index in [1.54, 1.807) is 14.0 Å². The third-order valence-corrected chi connectivity index (χ3v) is 6.03. The number of rotatable bonds is 2. The summed E-state index contributed by atoms with van der Waals surface area (Å²) in [5.41, 5.74) is -0.427. The predicted octanol–water partition coefficient (Wildman–Crippen LogP) is 1.95. The van der Waals surface area contributed by atoms with Gasteiger partial charge in [0.1, 0.15) is 17.8 Å². The van der Waals surface area contributed by atoms with Gasteiger partial charge >= 0.3 is 12.1 Å². The second-order valence-electron chi connectivity index (χ2n) is 8.11. The van der Waals surface area contributed by atoms with Crippen LogP contribution in [0.1, 0.15) is 59.8 Å². The monoisotopic (exact) mass is 398 g/mol. The van der Waals surface area contributed by atoms with E-state index >= 15 is 0 Å². The van der Waals surface area contributed by atoms with E-state index in [0.717, 1.165) is 19.4 Å². The molecule has 2 fully saturated rings. The summed E-state index contributed by atoms with van der Waals surface area (Å²) in [6.45, 7) is 8.13. The van der Waals surface area contributed by atoms with Gasteiger partial charge in [0.2, 0.25) is 0 Å². The topological polar surface area (TPSA) is 103 Å². The molecule has 160 valence electrons. The Morgan fingerprint density at radius 1 is 1.18 bits per heavy atom. The number of carbonyl (C=O) groups is 3. The van der Waals surface area contributed by atoms with Crippen LogP contribution in [0.25, 0.3) is 0 Å². The number of ketones is 1. The highest BCUT2D eigenvalue weighted by Gasteiger charge is 2.44. The third-order valence-electron chi connectivity index (χ3n) is 6.03. The van der Waals surface area contributed by atoms with Crippen molar-refractivity contribution < 1.29 is 28.6 Å². The van der Waals surface area contributed by atoms with Gasteiger partial charge in [0, 0.05) is 19.6 Å². The van der Waals surface area contributed by atoms with Crippen molar-refractivity contribution in [1.29, 1.82) is 0 Å². The van der Waals surface area contributed by atoms with Crippen molar-refractivity contribution in [1.82, 2.24) is 10.6 Å². The van der Waals surface area contributed by atoms with Crippen molar-refractivity contribution >= 4 is 17.8 Å². The van der Waals surface area contributed by atoms with E-state index in [2.05, 4.69) is 10.6 Å². The van der Waals surface area contributed by atoms with Crippen LogP contribution in [0.4, 0.5) is 4.79 Å². The SMILES string of the molecule is CC[C@H]1OC(=O)C(C)C(=O)CC[C@](C)(OC)CCCN[C@H](C)[C@H]2NC(=O)O[C@@H]21. The van der Waals surface area contributed by atoms with Crippen molar-refractivity contribution in [2.45, 2.75) is 89.7 Å². The lowest BCUT2D eigenvalue weighted by atomic mass is 9.90. The van der Waals surface area contributed by atoms with Gasteiger partial charge in [-0.15, -0.1) is 0 Å². The van der Waals surface area contributed by atoms with Gasteiger partial charge in [0.25, 0.3) is 0 Å². The standard InChI is InChI=1S/C20H34N2O6/c1-6-15-17-16(22-19(25)28-17)13(3)21-11-7-9-20(4,26-5)10-8-14(23)12(2)18(24)27-15/h12-13,15-17,21H,6-11H2,1-5H3,(H,22,25)/t12?,13-,15-,16-,17-,20-/m1/s1. The maximum absolute atomic E-state index is 12.6. The molecule has 2 aliphatic heterocycles. The number of hydrogen-bond donors (Lipinski definition) is 2. The zero-order valence-electron chi connectivity index (χ0n) is 17.6. The molecule has 2 heterocycles. The normalized spacial score (nSPS) is 38.5. The van der Waals surface area contributed by atoms with Crippen molar-refractivity contribution in [2.75, 3.05) is 13.7 Å². The summed E-state index contributed by atoms with van der Waals surface area (Å²) in [5, 5.41) is 6.24. The van der Waals surface area contributed by atoms with Gasteiger partial charge in [-0.05, 0) is 53.0 Å². The molecule has 0 spiro atoms. The van der Waals surface area contributed by atoms with Crippen LogP contribution in [0.3, 0.4) is 0 Å². The number of hydrogen-bond acceptors (Lipinski definition) is 7. The smallest absolute Gasteiger partial charge is 0.408 e. The van der Waals surface area contributed by atoms with E-state index < -0.39 is 35.8 Å². The predicted molar refractivity (Wildman–Crippen MR) is 103 cm³/mol. The molecule has 8 nitrogen and oxygen atoms in total. The summed E-state index contributed by atoms with van der Waals surface area (Å²) in [7, 11) is 1.65. The molecule has 0 aliphatic carbocycles. The van der Waals surface area contributed by atoms with E-state index in [1.165, 1.54) is 0 Å². The average molecular weight is 399 g/mol. The zero-order valence-corrected chi connectivity index (χ0v) is 17.6. The molecule has 0 radical (unpaired) electrons. The molecule has 1 unspecified atom stereocenters. The molecule has 28 heavy (non-hydrogen) atoms. The lowest BCUT2D eigenvalue weighted by Crippen LogP contribution is -2.52. The van der Waals surface area contributed by atoms with Gasteiger partial charge in [-0.25, -0.2) is 4.79 Å². The number of carbonyl (C=O) groups excluding carboxylic acids is 3. The van der Waals surface area contributed by atoms with Crippen LogP contribution < -0.4 is 10.6 Å². The van der Waals surface area contributed by atoms with E-state index in [9.17, 15) is 14.4 Å². The number of nitrogens with one attached hydrogen (secondary N) is 2. The number of fused-ring (bicyclic) bond motifs is 1. The van der Waals surface area contributed by atoms with Crippen LogP contribution in [0.5, 0.6) is 0 Å². The van der Waals surface area contributed by atoms with Crippen LogP contribution in [-0.2, 0) is 23.8 Å². The number of cyclic esters (lactones) is 1. The second kappa shape index (κ2) is 9.69. The first-order chi connectivity index (χ1) is 13.2. The molecule has 8 heteroatoms. The summed E-state index contributed by atoms with van der Waals surface area (Å²) in [5.74, 6) is -1.60. The molecule has 2 aliphatic rings. The van der Waals surface area contributed by atoms with Crippen LogP contribution >= 0.6 is 0 Å². The minimum absolute atomic E-state index is 0.0674. The zero-order chi connectivity index (χ0) is 20.9. The highest BCUT2D eigenvalue weighted by Crippen LogP contribution is 2.26. The van der Waals surface area contributed by atoms with Crippen molar-refractivity contribution in [3.05, 3.63) is 0 Å². The summed E-state index contributed by atoms with van der Waals surface area (Å²) in [6, 6.07) is -0.391. The van der Waals surface area contributed by atoms with E-state index in [1.807, 2.05) is 20.8 Å². The highest BCUT2D eigenvalue weighted by molar-refractivity contribution is 5.98. The third kappa shape index (κ3) is 5.44. The Hall–Kier alpha value is -1.67. The van der Waals surface area contributed by atoms with Crippen LogP contribution in [0.15, 0.2) is 0 Å².